The Labute approximate surface area is 214 Å². The molecule has 0 fully saturated rings. The van der Waals surface area contributed by atoms with Gasteiger partial charge in [-0.05, 0) is 49.1 Å². The minimum Gasteiger partial charge on any atom is -0.490 e. The smallest absolute Gasteiger partial charge is 0.242 e. The summed E-state index contributed by atoms with van der Waals surface area (Å²) < 4.78 is 11.4. The summed E-state index contributed by atoms with van der Waals surface area (Å²) in [5.41, 5.74) is 2.96. The van der Waals surface area contributed by atoms with Crippen LogP contribution in [0.5, 0.6) is 11.5 Å². The Morgan fingerprint density at radius 3 is 2.03 bits per heavy atom. The highest BCUT2D eigenvalue weighted by Gasteiger charge is 2.29. The summed E-state index contributed by atoms with van der Waals surface area (Å²) in [7, 11) is 1.61. The normalized spacial score (nSPS) is 11.4. The number of carbonyl (C=O) groups excluding carboxylic acids is 2. The van der Waals surface area contributed by atoms with Crippen molar-refractivity contribution in [2.75, 3.05) is 20.3 Å². The molecule has 36 heavy (non-hydrogen) atoms. The molecule has 0 spiro atoms. The number of amides is 2. The van der Waals surface area contributed by atoms with E-state index in [-0.39, 0.29) is 18.2 Å². The summed E-state index contributed by atoms with van der Waals surface area (Å²) in [6.45, 7) is 5.30. The Morgan fingerprint density at radius 1 is 0.806 bits per heavy atom. The lowest BCUT2D eigenvalue weighted by molar-refractivity contribution is -0.141. The molecule has 0 radical (unpaired) electrons. The zero-order valence-electron chi connectivity index (χ0n) is 21.4. The van der Waals surface area contributed by atoms with Crippen LogP contribution in [0.25, 0.3) is 0 Å². The molecule has 0 aromatic heterocycles. The highest BCUT2D eigenvalue weighted by atomic mass is 16.5. The Kier molecular flexibility index (Phi) is 10.4. The largest absolute Gasteiger partial charge is 0.490 e. The number of hydrogen-bond donors (Lipinski definition) is 1. The van der Waals surface area contributed by atoms with Gasteiger partial charge in [-0.25, -0.2) is 0 Å². The van der Waals surface area contributed by atoms with Crippen LogP contribution in [0.3, 0.4) is 0 Å². The van der Waals surface area contributed by atoms with Crippen LogP contribution in [-0.4, -0.2) is 43.0 Å². The third-order valence-corrected chi connectivity index (χ3v) is 5.95. The highest BCUT2D eigenvalue weighted by molar-refractivity contribution is 5.88. The van der Waals surface area contributed by atoms with Gasteiger partial charge < -0.3 is 19.7 Å². The molecule has 0 aliphatic heterocycles. The number of carbonyl (C=O) groups is 2. The van der Waals surface area contributed by atoms with Gasteiger partial charge in [0, 0.05) is 26.4 Å². The first-order valence-electron chi connectivity index (χ1n) is 12.5. The van der Waals surface area contributed by atoms with Crippen LogP contribution in [0.15, 0.2) is 78.9 Å². The molecular weight excluding hydrogens is 452 g/mol. The van der Waals surface area contributed by atoms with Gasteiger partial charge in [-0.3, -0.25) is 9.59 Å². The molecule has 0 aliphatic carbocycles. The quantitative estimate of drug-likeness (QED) is 0.375. The van der Waals surface area contributed by atoms with Crippen molar-refractivity contribution < 1.29 is 19.1 Å². The summed E-state index contributed by atoms with van der Waals surface area (Å²) in [6, 6.07) is 24.7. The van der Waals surface area contributed by atoms with Crippen molar-refractivity contribution in [3.8, 4) is 11.5 Å². The van der Waals surface area contributed by atoms with Gasteiger partial charge in [0.05, 0.1) is 13.2 Å². The van der Waals surface area contributed by atoms with Crippen LogP contribution in [0.1, 0.15) is 37.0 Å². The first-order valence-corrected chi connectivity index (χ1v) is 12.5. The van der Waals surface area contributed by atoms with Crippen molar-refractivity contribution in [3.63, 3.8) is 0 Å². The fourth-order valence-corrected chi connectivity index (χ4v) is 4.15. The Morgan fingerprint density at radius 2 is 1.42 bits per heavy atom. The molecule has 0 saturated carbocycles. The SMILES string of the molecule is CCOc1ccc(CCC(=O)N(Cc2ccccc2)C(Cc2ccccc2)C(=O)NC)cc1OCC. The van der Waals surface area contributed by atoms with Crippen LogP contribution >= 0.6 is 0 Å². The standard InChI is InChI=1S/C30H36N2O4/c1-4-35-27-18-16-24(21-28(27)36-5-2)17-19-29(33)32(22-25-14-10-7-11-15-25)26(30(34)31-3)20-23-12-8-6-9-13-23/h6-16,18,21,26H,4-5,17,19-20,22H2,1-3H3,(H,31,34). The van der Waals surface area contributed by atoms with E-state index in [1.807, 2.05) is 92.7 Å². The van der Waals surface area contributed by atoms with E-state index >= 15 is 0 Å². The topological polar surface area (TPSA) is 67.9 Å². The molecule has 190 valence electrons. The summed E-state index contributed by atoms with van der Waals surface area (Å²) in [6.07, 6.45) is 1.24. The van der Waals surface area contributed by atoms with Crippen LogP contribution in [0.4, 0.5) is 0 Å². The maximum atomic E-state index is 13.6. The van der Waals surface area contributed by atoms with Crippen molar-refractivity contribution in [1.82, 2.24) is 10.2 Å². The third kappa shape index (κ3) is 7.60. The van der Waals surface area contributed by atoms with Crippen molar-refractivity contribution in [3.05, 3.63) is 95.6 Å². The van der Waals surface area contributed by atoms with Gasteiger partial charge in [-0.1, -0.05) is 66.7 Å². The zero-order valence-corrected chi connectivity index (χ0v) is 21.4. The number of aryl methyl sites for hydroxylation is 1. The first-order chi connectivity index (χ1) is 17.5. The van der Waals surface area contributed by atoms with Gasteiger partial charge in [-0.15, -0.1) is 0 Å². The maximum absolute atomic E-state index is 13.6. The Balaban J connectivity index is 1.83. The van der Waals surface area contributed by atoms with Crippen molar-refractivity contribution in [2.45, 2.75) is 45.7 Å². The molecule has 6 heteroatoms. The van der Waals surface area contributed by atoms with Crippen molar-refractivity contribution >= 4 is 11.8 Å². The molecule has 0 aliphatic rings. The molecule has 3 aromatic carbocycles. The summed E-state index contributed by atoms with van der Waals surface area (Å²) in [4.78, 5) is 28.4. The monoisotopic (exact) mass is 488 g/mol. The number of benzene rings is 3. The van der Waals surface area contributed by atoms with E-state index in [1.165, 1.54) is 0 Å². The lowest BCUT2D eigenvalue weighted by Crippen LogP contribution is -2.49. The second kappa shape index (κ2) is 13.9. The average Bonchev–Trinajstić information content (AvgIpc) is 2.91. The van der Waals surface area contributed by atoms with E-state index in [0.29, 0.717) is 44.1 Å². The number of hydrogen-bond acceptors (Lipinski definition) is 4. The Hall–Kier alpha value is -3.80. The molecule has 1 atom stereocenters. The first kappa shape index (κ1) is 26.8. The van der Waals surface area contributed by atoms with E-state index in [4.69, 9.17) is 9.47 Å². The van der Waals surface area contributed by atoms with Crippen LogP contribution in [0, 0.1) is 0 Å². The third-order valence-electron chi connectivity index (χ3n) is 5.95. The number of ether oxygens (including phenoxy) is 2. The number of nitrogens with one attached hydrogen (secondary N) is 1. The van der Waals surface area contributed by atoms with Crippen LogP contribution in [0.2, 0.25) is 0 Å². The zero-order chi connectivity index (χ0) is 25.8. The Bertz CT molecular complexity index is 1100. The highest BCUT2D eigenvalue weighted by Crippen LogP contribution is 2.29. The van der Waals surface area contributed by atoms with Crippen molar-refractivity contribution in [1.29, 1.82) is 0 Å². The molecule has 6 nitrogen and oxygen atoms in total. The second-order valence-electron chi connectivity index (χ2n) is 8.47. The fraction of sp³-hybridized carbons (Fsp3) is 0.333. The number of nitrogens with zero attached hydrogens (tertiary/aromatic N) is 1. The van der Waals surface area contributed by atoms with E-state index in [1.54, 1.807) is 11.9 Å². The molecule has 0 bridgehead atoms. The molecule has 2 amide bonds. The summed E-state index contributed by atoms with van der Waals surface area (Å²) >= 11 is 0. The summed E-state index contributed by atoms with van der Waals surface area (Å²) in [5, 5.41) is 2.76. The van der Waals surface area contributed by atoms with Gasteiger partial charge in [0.2, 0.25) is 11.8 Å². The van der Waals surface area contributed by atoms with Gasteiger partial charge in [-0.2, -0.15) is 0 Å². The lowest BCUT2D eigenvalue weighted by atomic mass is 10.0. The predicted molar refractivity (Wildman–Crippen MR) is 142 cm³/mol. The lowest BCUT2D eigenvalue weighted by Gasteiger charge is -2.31. The van der Waals surface area contributed by atoms with E-state index in [2.05, 4.69) is 5.32 Å². The van der Waals surface area contributed by atoms with E-state index in [9.17, 15) is 9.59 Å². The molecule has 3 rings (SSSR count). The number of rotatable bonds is 13. The van der Waals surface area contributed by atoms with Gasteiger partial charge >= 0.3 is 0 Å². The fourth-order valence-electron chi connectivity index (χ4n) is 4.15. The molecule has 1 N–H and O–H groups in total. The van der Waals surface area contributed by atoms with E-state index < -0.39 is 6.04 Å². The average molecular weight is 489 g/mol. The van der Waals surface area contributed by atoms with E-state index in [0.717, 1.165) is 16.7 Å². The van der Waals surface area contributed by atoms with Gasteiger partial charge in [0.25, 0.3) is 0 Å². The maximum Gasteiger partial charge on any atom is 0.242 e. The van der Waals surface area contributed by atoms with Crippen LogP contribution in [-0.2, 0) is 29.0 Å². The predicted octanol–water partition coefficient (Wildman–Crippen LogP) is 4.80. The van der Waals surface area contributed by atoms with Gasteiger partial charge in [0.1, 0.15) is 6.04 Å². The van der Waals surface area contributed by atoms with Crippen molar-refractivity contribution in [2.24, 2.45) is 0 Å². The number of likely N-dealkylation sites (N-methyl/N-ethyl adjacent to an activating group) is 1. The van der Waals surface area contributed by atoms with Gasteiger partial charge in [0.15, 0.2) is 11.5 Å². The minimum atomic E-state index is -0.621. The minimum absolute atomic E-state index is 0.0739. The van der Waals surface area contributed by atoms with Crippen LogP contribution < -0.4 is 14.8 Å². The molecule has 0 saturated heterocycles. The molecule has 3 aromatic rings. The second-order valence-corrected chi connectivity index (χ2v) is 8.47. The molecule has 1 unspecified atom stereocenters. The molecule has 0 heterocycles. The summed E-state index contributed by atoms with van der Waals surface area (Å²) in [5.74, 6) is 1.12. The molecular formula is C30H36N2O4.